The summed E-state index contributed by atoms with van der Waals surface area (Å²) in [5, 5.41) is 0. The van der Waals surface area contributed by atoms with E-state index in [1.165, 1.54) is 0 Å². The molecule has 0 spiro atoms. The molecule has 0 bridgehead atoms. The van der Waals surface area contributed by atoms with Gasteiger partial charge in [-0.3, -0.25) is 0 Å². The van der Waals surface area contributed by atoms with Crippen molar-refractivity contribution < 1.29 is 17.6 Å². The van der Waals surface area contributed by atoms with Crippen molar-refractivity contribution in [1.29, 1.82) is 0 Å². The van der Waals surface area contributed by atoms with E-state index in [4.69, 9.17) is 17.6 Å². The van der Waals surface area contributed by atoms with Crippen molar-refractivity contribution in [3.63, 3.8) is 0 Å². The molecule has 6 nitrogen and oxygen atoms in total. The van der Waals surface area contributed by atoms with Crippen LogP contribution in [0, 0.1) is 0 Å². The second-order valence-electron chi connectivity index (χ2n) is 0.447. The van der Waals surface area contributed by atoms with Gasteiger partial charge in [0.2, 0.25) is 0 Å². The topological polar surface area (TPSA) is 114 Å². The van der Waals surface area contributed by atoms with Gasteiger partial charge in [-0.15, -0.1) is 0 Å². The number of rotatable bonds is 0. The molecule has 0 aliphatic carbocycles. The van der Waals surface area contributed by atoms with E-state index in [2.05, 4.69) is 0 Å². The average molecular weight is 538 g/mol. The first-order chi connectivity index (χ1) is 3.46. The van der Waals surface area contributed by atoms with Gasteiger partial charge in [-0.05, 0) is 0 Å². The summed E-state index contributed by atoms with van der Waals surface area (Å²) >= 11 is -8.69. The quantitative estimate of drug-likeness (QED) is 0.291. The summed E-state index contributed by atoms with van der Waals surface area (Å²) in [5.41, 5.74) is 0. The fourth-order valence-corrected chi connectivity index (χ4v) is 0. The van der Waals surface area contributed by atoms with Crippen LogP contribution in [0.1, 0.15) is 0 Å². The van der Waals surface area contributed by atoms with Crippen molar-refractivity contribution >= 4 is 67.5 Å². The van der Waals surface area contributed by atoms with E-state index < -0.39 is 44.4 Å². The molecule has 0 saturated heterocycles. The van der Waals surface area contributed by atoms with Crippen molar-refractivity contribution in [1.82, 2.24) is 0 Å². The first-order valence-corrected chi connectivity index (χ1v) is 9.61. The van der Waals surface area contributed by atoms with Crippen LogP contribution in [-0.4, -0.2) is 67.5 Å². The Bertz CT molecular complexity index is 128. The molecule has 0 rings (SSSR count). The Labute approximate surface area is 83.8 Å². The monoisotopic (exact) mass is 538 g/mol. The number of hydrogen-bond acceptors (Lipinski definition) is 6. The summed E-state index contributed by atoms with van der Waals surface area (Å²) in [6.07, 6.45) is 0. The molecule has 9 heteroatoms. The van der Waals surface area contributed by atoms with Crippen LogP contribution in [-0.2, 0) is 11.3 Å². The predicted octanol–water partition coefficient (Wildman–Crippen LogP) is -4.00. The standard InChI is InChI=1S/2Bi.Mg.6O/q;;+2;;;;;2*-1. The van der Waals surface area contributed by atoms with Crippen LogP contribution in [0.25, 0.3) is 0 Å². The Kier molecular flexibility index (Phi) is 23.2. The zero-order chi connectivity index (χ0) is 7.15. The number of hydrogen-bond donors (Lipinski definition) is 0. The van der Waals surface area contributed by atoms with Crippen molar-refractivity contribution in [2.75, 3.05) is 0 Å². The molecular formula is Bi2MgO6. The molecule has 48 valence electrons. The first kappa shape index (κ1) is 16.9. The van der Waals surface area contributed by atoms with Crippen molar-refractivity contribution in [3.05, 3.63) is 0 Å². The molecule has 0 saturated carbocycles. The van der Waals surface area contributed by atoms with Gasteiger partial charge in [-0.25, -0.2) is 0 Å². The Hall–Kier alpha value is 1.65. The molecule has 0 N–H and O–H groups in total. The summed E-state index contributed by atoms with van der Waals surface area (Å²) in [5.74, 6) is 0. The maximum atomic E-state index is 8.62. The molecule has 9 heavy (non-hydrogen) atoms. The van der Waals surface area contributed by atoms with E-state index in [0.717, 1.165) is 0 Å². The molecule has 0 aromatic carbocycles. The summed E-state index contributed by atoms with van der Waals surface area (Å²) in [7, 11) is 0. The zero-order valence-electron chi connectivity index (χ0n) is 4.05. The molecule has 0 aromatic heterocycles. The van der Waals surface area contributed by atoms with E-state index in [1.54, 1.807) is 0 Å². The van der Waals surface area contributed by atoms with Crippen LogP contribution in [0.2, 0.25) is 0 Å². The fraction of sp³-hybridized carbons (Fsp3) is 0. The third-order valence-corrected chi connectivity index (χ3v) is 0. The average Bonchev–Trinajstić information content (AvgIpc) is 1.25. The second-order valence-corrected chi connectivity index (χ2v) is 3.92. The van der Waals surface area contributed by atoms with Crippen LogP contribution in [0.5, 0.6) is 0 Å². The molecule has 0 unspecified atom stereocenters. The second kappa shape index (κ2) is 12.3. The Balaban J connectivity index is -0.0000000720. The minimum absolute atomic E-state index is 0. The van der Waals surface area contributed by atoms with Gasteiger partial charge >= 0.3 is 85.1 Å². The maximum absolute atomic E-state index is 8.62. The summed E-state index contributed by atoms with van der Waals surface area (Å²) < 4.78 is 51.7. The van der Waals surface area contributed by atoms with Gasteiger partial charge in [0.25, 0.3) is 0 Å². The van der Waals surface area contributed by atoms with Crippen LogP contribution in [0.4, 0.5) is 0 Å². The molecule has 0 amide bonds. The summed E-state index contributed by atoms with van der Waals surface area (Å²) in [6.45, 7) is 0. The van der Waals surface area contributed by atoms with Gasteiger partial charge in [-0.2, -0.15) is 0 Å². The van der Waals surface area contributed by atoms with Crippen LogP contribution in [0.15, 0.2) is 0 Å². The third kappa shape index (κ3) is 207. The molecule has 0 heterocycles. The normalized spacial score (nSPS) is 5.56. The third-order valence-electron chi connectivity index (χ3n) is 0. The molecule has 0 aromatic rings. The summed E-state index contributed by atoms with van der Waals surface area (Å²) in [6, 6.07) is 0. The predicted molar refractivity (Wildman–Crippen MR) is 20.0 cm³/mol. The Morgan fingerprint density at radius 1 is 0.778 bits per heavy atom. The van der Waals surface area contributed by atoms with Crippen LogP contribution < -0.4 is 6.37 Å². The van der Waals surface area contributed by atoms with Gasteiger partial charge in [0.15, 0.2) is 0 Å². The van der Waals surface area contributed by atoms with Gasteiger partial charge in [-0.1, -0.05) is 0 Å². The van der Waals surface area contributed by atoms with E-state index in [-0.39, 0.29) is 23.1 Å². The van der Waals surface area contributed by atoms with Crippen molar-refractivity contribution in [2.45, 2.75) is 0 Å². The van der Waals surface area contributed by atoms with E-state index in [0.29, 0.717) is 0 Å². The Morgan fingerprint density at radius 2 is 0.778 bits per heavy atom. The van der Waals surface area contributed by atoms with Gasteiger partial charge < -0.3 is 0 Å². The van der Waals surface area contributed by atoms with Crippen molar-refractivity contribution in [2.24, 2.45) is 0 Å². The fourth-order valence-electron chi connectivity index (χ4n) is 0. The molecule has 0 atom stereocenters. The molecular weight excluding hydrogens is 538 g/mol. The van der Waals surface area contributed by atoms with E-state index in [9.17, 15) is 0 Å². The minimum atomic E-state index is -4.34. The molecule has 0 radical (unpaired) electrons. The zero-order valence-corrected chi connectivity index (χ0v) is 12.4. The van der Waals surface area contributed by atoms with Crippen LogP contribution >= 0.6 is 0 Å². The van der Waals surface area contributed by atoms with Gasteiger partial charge in [0, 0.05) is 0 Å². The molecule has 0 aliphatic rings. The molecule has 0 fully saturated rings. The van der Waals surface area contributed by atoms with E-state index in [1.807, 2.05) is 0 Å². The molecule has 0 aliphatic heterocycles. The van der Waals surface area contributed by atoms with Crippen LogP contribution in [0.3, 0.4) is 0 Å². The summed E-state index contributed by atoms with van der Waals surface area (Å²) in [4.78, 5) is 0. The Morgan fingerprint density at radius 3 is 0.778 bits per heavy atom. The van der Waals surface area contributed by atoms with Gasteiger partial charge in [0.05, 0.1) is 0 Å². The van der Waals surface area contributed by atoms with Gasteiger partial charge in [0.1, 0.15) is 0 Å². The SMILES string of the molecule is [Mg+2].[O]=[Bi](=[O])[O-].[O]=[Bi](=[O])[O-]. The first-order valence-electron chi connectivity index (χ1n) is 1.10. The van der Waals surface area contributed by atoms with Crippen molar-refractivity contribution in [3.8, 4) is 0 Å². The van der Waals surface area contributed by atoms with E-state index >= 15 is 0 Å².